The number of aromatic nitrogens is 2. The molecule has 3 fully saturated rings. The van der Waals surface area contributed by atoms with Gasteiger partial charge in [0.25, 0.3) is 0 Å². The van der Waals surface area contributed by atoms with Gasteiger partial charge in [-0.1, -0.05) is 12.8 Å². The zero-order valence-corrected chi connectivity index (χ0v) is 13.9. The Morgan fingerprint density at radius 3 is 2.78 bits per heavy atom. The predicted molar refractivity (Wildman–Crippen MR) is 89.3 cm³/mol. The molecule has 2 heterocycles. The zero-order chi connectivity index (χ0) is 15.6. The summed E-state index contributed by atoms with van der Waals surface area (Å²) in [7, 11) is 0. The lowest BCUT2D eigenvalue weighted by Crippen LogP contribution is -2.47. The maximum atomic E-state index is 12.5. The highest BCUT2D eigenvalue weighted by Crippen LogP contribution is 2.33. The van der Waals surface area contributed by atoms with Gasteiger partial charge in [0.15, 0.2) is 0 Å². The number of nitrogens with zero attached hydrogens (tertiary/aromatic N) is 3. The molecule has 1 atom stereocenters. The molecule has 126 valence electrons. The molecule has 1 aliphatic heterocycles. The van der Waals surface area contributed by atoms with Gasteiger partial charge in [0, 0.05) is 44.0 Å². The minimum Gasteiger partial charge on any atom is -0.335 e. The Morgan fingerprint density at radius 1 is 1.17 bits per heavy atom. The van der Waals surface area contributed by atoms with Crippen molar-refractivity contribution in [3.8, 4) is 0 Å². The second kappa shape index (κ2) is 6.54. The van der Waals surface area contributed by atoms with Crippen molar-refractivity contribution >= 4 is 6.03 Å². The van der Waals surface area contributed by atoms with Crippen molar-refractivity contribution in [1.29, 1.82) is 0 Å². The zero-order valence-electron chi connectivity index (χ0n) is 13.9. The van der Waals surface area contributed by atoms with Crippen LogP contribution in [0.1, 0.15) is 63.1 Å². The van der Waals surface area contributed by atoms with E-state index in [1.807, 2.05) is 11.1 Å². The van der Waals surface area contributed by atoms with Gasteiger partial charge in [0.05, 0.1) is 0 Å². The minimum atomic E-state index is 0.141. The Kier molecular flexibility index (Phi) is 4.27. The fourth-order valence-corrected chi connectivity index (χ4v) is 4.12. The number of hydrogen-bond acceptors (Lipinski definition) is 2. The quantitative estimate of drug-likeness (QED) is 0.928. The number of nitrogens with one attached hydrogen (secondary N) is 1. The van der Waals surface area contributed by atoms with Gasteiger partial charge in [-0.15, -0.1) is 0 Å². The molecule has 1 N–H and O–H groups in total. The van der Waals surface area contributed by atoms with Gasteiger partial charge in [-0.2, -0.15) is 0 Å². The van der Waals surface area contributed by atoms with Gasteiger partial charge in [-0.3, -0.25) is 0 Å². The molecule has 2 aliphatic carbocycles. The fourth-order valence-electron chi connectivity index (χ4n) is 4.12. The van der Waals surface area contributed by atoms with E-state index in [0.29, 0.717) is 12.0 Å². The van der Waals surface area contributed by atoms with E-state index >= 15 is 0 Å². The van der Waals surface area contributed by atoms with Crippen LogP contribution in [0, 0.1) is 5.92 Å². The lowest BCUT2D eigenvalue weighted by Gasteiger charge is -2.33. The molecule has 0 radical (unpaired) electrons. The Morgan fingerprint density at radius 2 is 2.00 bits per heavy atom. The third kappa shape index (κ3) is 3.54. The summed E-state index contributed by atoms with van der Waals surface area (Å²) in [4.78, 5) is 19.2. The summed E-state index contributed by atoms with van der Waals surface area (Å²) in [6.45, 7) is 2.82. The van der Waals surface area contributed by atoms with Crippen molar-refractivity contribution in [3.63, 3.8) is 0 Å². The standard InChI is InChI=1S/C18H28N4O/c23-18(20-16-5-1-2-6-16)22-10-3-4-15(13-22)17-19-9-11-21(17)12-14-7-8-14/h9,11,14-16H,1-8,10,12-13H2,(H,20,23)/t15-/m0/s1. The topological polar surface area (TPSA) is 50.2 Å². The van der Waals surface area contributed by atoms with Crippen LogP contribution in [0.4, 0.5) is 4.79 Å². The highest BCUT2D eigenvalue weighted by Gasteiger charge is 2.30. The molecular formula is C18H28N4O. The van der Waals surface area contributed by atoms with Gasteiger partial charge in [-0.05, 0) is 44.4 Å². The van der Waals surface area contributed by atoms with Crippen LogP contribution in [0.25, 0.3) is 0 Å². The van der Waals surface area contributed by atoms with Gasteiger partial charge >= 0.3 is 6.03 Å². The number of amides is 2. The molecule has 3 aliphatic rings. The molecule has 0 unspecified atom stereocenters. The summed E-state index contributed by atoms with van der Waals surface area (Å²) in [5.41, 5.74) is 0. The number of urea groups is 1. The second-order valence-electron chi connectivity index (χ2n) is 7.60. The predicted octanol–water partition coefficient (Wildman–Crippen LogP) is 3.12. The maximum absolute atomic E-state index is 12.5. The smallest absolute Gasteiger partial charge is 0.317 e. The first-order valence-corrected chi connectivity index (χ1v) is 9.36. The number of rotatable bonds is 4. The summed E-state index contributed by atoms with van der Waals surface area (Å²) in [5.74, 6) is 2.44. The van der Waals surface area contributed by atoms with Crippen molar-refractivity contribution in [2.75, 3.05) is 13.1 Å². The van der Waals surface area contributed by atoms with E-state index in [0.717, 1.165) is 51.2 Å². The fraction of sp³-hybridized carbons (Fsp3) is 0.778. The summed E-state index contributed by atoms with van der Waals surface area (Å²) >= 11 is 0. The van der Waals surface area contributed by atoms with E-state index < -0.39 is 0 Å². The summed E-state index contributed by atoms with van der Waals surface area (Å²) in [6.07, 6.45) is 13.8. The van der Waals surface area contributed by atoms with E-state index in [9.17, 15) is 4.79 Å². The van der Waals surface area contributed by atoms with E-state index in [-0.39, 0.29) is 6.03 Å². The van der Waals surface area contributed by atoms with Crippen molar-refractivity contribution < 1.29 is 4.79 Å². The maximum Gasteiger partial charge on any atom is 0.317 e. The Hall–Kier alpha value is -1.52. The molecule has 2 saturated carbocycles. The molecular weight excluding hydrogens is 288 g/mol. The number of carbonyl (C=O) groups excluding carboxylic acids is 1. The first-order valence-electron chi connectivity index (χ1n) is 9.36. The lowest BCUT2D eigenvalue weighted by molar-refractivity contribution is 0.174. The lowest BCUT2D eigenvalue weighted by atomic mass is 9.97. The van der Waals surface area contributed by atoms with Gasteiger partial charge in [-0.25, -0.2) is 9.78 Å². The second-order valence-corrected chi connectivity index (χ2v) is 7.60. The number of likely N-dealkylation sites (tertiary alicyclic amines) is 1. The van der Waals surface area contributed by atoms with Gasteiger partial charge in [0.2, 0.25) is 0 Å². The van der Waals surface area contributed by atoms with Crippen LogP contribution in [0.15, 0.2) is 12.4 Å². The number of imidazole rings is 1. The molecule has 1 aromatic heterocycles. The van der Waals surface area contributed by atoms with E-state index in [4.69, 9.17) is 0 Å². The molecule has 1 saturated heterocycles. The summed E-state index contributed by atoms with van der Waals surface area (Å²) < 4.78 is 2.33. The molecule has 2 amide bonds. The van der Waals surface area contributed by atoms with Crippen molar-refractivity contribution in [2.45, 2.75) is 69.9 Å². The average Bonchev–Trinajstić information content (AvgIpc) is 3.03. The van der Waals surface area contributed by atoms with Crippen molar-refractivity contribution in [2.24, 2.45) is 5.92 Å². The molecule has 0 spiro atoms. The number of piperidine rings is 1. The first kappa shape index (κ1) is 15.0. The largest absolute Gasteiger partial charge is 0.335 e. The monoisotopic (exact) mass is 316 g/mol. The van der Waals surface area contributed by atoms with Crippen molar-refractivity contribution in [3.05, 3.63) is 18.2 Å². The Bertz CT molecular complexity index is 545. The van der Waals surface area contributed by atoms with Gasteiger partial charge in [0.1, 0.15) is 5.82 Å². The SMILES string of the molecule is O=C(NC1CCCC1)N1CCC[C@H](c2nccn2CC2CC2)C1. The third-order valence-corrected chi connectivity index (χ3v) is 5.66. The van der Waals surface area contributed by atoms with E-state index in [1.54, 1.807) is 0 Å². The molecule has 0 bridgehead atoms. The highest BCUT2D eigenvalue weighted by molar-refractivity contribution is 5.74. The highest BCUT2D eigenvalue weighted by atomic mass is 16.2. The third-order valence-electron chi connectivity index (χ3n) is 5.66. The molecule has 23 heavy (non-hydrogen) atoms. The van der Waals surface area contributed by atoms with Crippen LogP contribution in [-0.2, 0) is 6.54 Å². The Labute approximate surface area is 138 Å². The van der Waals surface area contributed by atoms with Crippen LogP contribution < -0.4 is 5.32 Å². The molecule has 4 rings (SSSR count). The van der Waals surface area contributed by atoms with Crippen LogP contribution in [0.2, 0.25) is 0 Å². The summed E-state index contributed by atoms with van der Waals surface area (Å²) in [6, 6.07) is 0.543. The normalized spacial score (nSPS) is 25.7. The van der Waals surface area contributed by atoms with Crippen molar-refractivity contribution in [1.82, 2.24) is 19.8 Å². The summed E-state index contributed by atoms with van der Waals surface area (Å²) in [5, 5.41) is 3.23. The number of hydrogen-bond donors (Lipinski definition) is 1. The first-order chi connectivity index (χ1) is 11.3. The molecule has 1 aromatic rings. The van der Waals surface area contributed by atoms with Crippen LogP contribution in [-0.4, -0.2) is 39.6 Å². The minimum absolute atomic E-state index is 0.141. The van der Waals surface area contributed by atoms with Crippen LogP contribution in [0.5, 0.6) is 0 Å². The van der Waals surface area contributed by atoms with Crippen LogP contribution in [0.3, 0.4) is 0 Å². The molecule has 0 aromatic carbocycles. The average molecular weight is 316 g/mol. The van der Waals surface area contributed by atoms with E-state index in [2.05, 4.69) is 21.1 Å². The van der Waals surface area contributed by atoms with Gasteiger partial charge < -0.3 is 14.8 Å². The van der Waals surface area contributed by atoms with E-state index in [1.165, 1.54) is 31.5 Å². The number of carbonyl (C=O) groups is 1. The Balaban J connectivity index is 1.38. The molecule has 5 nitrogen and oxygen atoms in total. The molecule has 5 heteroatoms. The van der Waals surface area contributed by atoms with Crippen LogP contribution >= 0.6 is 0 Å².